The number of ether oxygens (including phenoxy) is 4. The molecule has 0 saturated carbocycles. The summed E-state index contributed by atoms with van der Waals surface area (Å²) in [5.74, 6) is 0.0653. The van der Waals surface area contributed by atoms with Gasteiger partial charge in [0.05, 0.1) is 0 Å². The maximum Gasteiger partial charge on any atom is 0.333 e. The van der Waals surface area contributed by atoms with Crippen LogP contribution < -0.4 is 9.47 Å². The van der Waals surface area contributed by atoms with Crippen molar-refractivity contribution in [3.63, 3.8) is 0 Å². The zero-order valence-electron chi connectivity index (χ0n) is 30.2. The highest BCUT2D eigenvalue weighted by atomic mass is 16.6. The van der Waals surface area contributed by atoms with E-state index in [-0.39, 0.29) is 37.6 Å². The molecule has 0 bridgehead atoms. The van der Waals surface area contributed by atoms with Crippen molar-refractivity contribution in [2.75, 3.05) is 26.4 Å². The Morgan fingerprint density at radius 3 is 1.16 bits per heavy atom. The van der Waals surface area contributed by atoms with Crippen LogP contribution in [0.3, 0.4) is 0 Å². The van der Waals surface area contributed by atoms with E-state index in [0.717, 1.165) is 33.4 Å². The van der Waals surface area contributed by atoms with Crippen molar-refractivity contribution in [2.45, 2.75) is 73.0 Å². The Kier molecular flexibility index (Phi) is 16.0. The highest BCUT2D eigenvalue weighted by molar-refractivity contribution is 5.87. The number of allylic oxidation sites excluding steroid dienone is 4. The third-order valence-corrected chi connectivity index (χ3v) is 7.47. The summed E-state index contributed by atoms with van der Waals surface area (Å²) in [6.45, 7) is 21.7. The highest BCUT2D eigenvalue weighted by Gasteiger charge is 2.28. The first-order chi connectivity index (χ1) is 23.2. The number of carbonyl (C=O) groups is 2. The van der Waals surface area contributed by atoms with Gasteiger partial charge in [-0.3, -0.25) is 0 Å². The lowest BCUT2D eigenvalue weighted by Gasteiger charge is -2.30. The number of hydrogen-bond acceptors (Lipinski definition) is 8. The molecule has 2 rings (SSSR count). The van der Waals surface area contributed by atoms with Crippen molar-refractivity contribution >= 4 is 36.2 Å². The van der Waals surface area contributed by atoms with Crippen LogP contribution in [-0.2, 0) is 24.5 Å². The number of carbonyl (C=O) groups excluding carboxylic acids is 2. The van der Waals surface area contributed by atoms with E-state index in [9.17, 15) is 19.8 Å². The maximum atomic E-state index is 11.8. The number of benzene rings is 2. The molecule has 0 heterocycles. The van der Waals surface area contributed by atoms with Gasteiger partial charge in [-0.1, -0.05) is 75.6 Å². The molecular weight excluding hydrogens is 620 g/mol. The van der Waals surface area contributed by atoms with Crippen molar-refractivity contribution in [1.29, 1.82) is 0 Å². The van der Waals surface area contributed by atoms with E-state index in [1.165, 1.54) is 0 Å². The smallest absolute Gasteiger partial charge is 0.333 e. The van der Waals surface area contributed by atoms with Gasteiger partial charge in [0.2, 0.25) is 0 Å². The molecule has 49 heavy (non-hydrogen) atoms. The van der Waals surface area contributed by atoms with E-state index >= 15 is 0 Å². The molecule has 0 spiro atoms. The van der Waals surface area contributed by atoms with Crippen LogP contribution in [0.2, 0.25) is 0 Å². The molecule has 2 aromatic carbocycles. The second-order valence-electron chi connectivity index (χ2n) is 12.3. The monoisotopic (exact) mass is 672 g/mol. The fraction of sp³-hybridized carbons (Fsp3) is 0.366. The van der Waals surface area contributed by atoms with Gasteiger partial charge >= 0.3 is 11.9 Å². The summed E-state index contributed by atoms with van der Waals surface area (Å²) in [4.78, 5) is 23.5. The van der Waals surface area contributed by atoms with Gasteiger partial charge < -0.3 is 29.2 Å². The van der Waals surface area contributed by atoms with Gasteiger partial charge in [0.25, 0.3) is 0 Å². The summed E-state index contributed by atoms with van der Waals surface area (Å²) in [5, 5.41) is 21.0. The quantitative estimate of drug-likeness (QED) is 0.122. The minimum absolute atomic E-state index is 0.0762. The first-order valence-corrected chi connectivity index (χ1v) is 16.3. The summed E-state index contributed by atoms with van der Waals surface area (Å²) >= 11 is 0. The van der Waals surface area contributed by atoms with Crippen molar-refractivity contribution in [3.05, 3.63) is 106 Å². The lowest BCUT2D eigenvalue weighted by molar-refractivity contribution is -0.143. The topological polar surface area (TPSA) is 112 Å². The lowest BCUT2D eigenvalue weighted by atomic mass is 9.75. The van der Waals surface area contributed by atoms with Crippen LogP contribution in [0, 0.1) is 0 Å². The largest absolute Gasteiger partial charge is 0.489 e. The van der Waals surface area contributed by atoms with E-state index in [1.807, 2.05) is 76.3 Å². The van der Waals surface area contributed by atoms with E-state index in [1.54, 1.807) is 13.8 Å². The Morgan fingerprint density at radius 1 is 0.633 bits per heavy atom. The minimum atomic E-state index is -1.03. The van der Waals surface area contributed by atoms with Crippen LogP contribution in [0.1, 0.15) is 88.8 Å². The molecule has 0 aliphatic rings. The molecule has 0 aliphatic heterocycles. The molecule has 0 fully saturated rings. The third kappa shape index (κ3) is 11.8. The predicted octanol–water partition coefficient (Wildman–Crippen LogP) is 7.86. The SMILES string of the molecule is C=C(C)C(=O)OCC(O)COc1c(/C=C\C)cc(C(C)(C)c2cc(/C=C\C)c(OCC(O)COC(=O)C(=C)C)c(/C=C\C)c2)cc1/C=C\C. The standard InChI is InChI=1S/C41H52O8/c1-11-15-29-19-33(20-30(16-12-2)37(29)46-23-35(42)25-48-39(44)27(5)6)41(9,10)34-21-31(17-13-3)38(32(22-34)18-14-4)47-24-36(43)26-49-40(45)28(7)8/h11-22,35-36,42-43H,5,7,23-26H2,1-4,6,8-10H3/b15-11-,16-12-,17-13-,18-14-. The summed E-state index contributed by atoms with van der Waals surface area (Å²) in [6.07, 6.45) is 13.5. The van der Waals surface area contributed by atoms with Gasteiger partial charge in [-0.05, 0) is 76.9 Å². The van der Waals surface area contributed by atoms with Crippen LogP contribution in [-0.4, -0.2) is 60.8 Å². The summed E-state index contributed by atoms with van der Waals surface area (Å²) in [6, 6.07) is 8.31. The molecule has 8 heteroatoms. The molecule has 8 nitrogen and oxygen atoms in total. The Hall–Kier alpha value is -4.66. The molecule has 2 aromatic rings. The highest BCUT2D eigenvalue weighted by Crippen LogP contribution is 2.40. The molecule has 0 aromatic heterocycles. The van der Waals surface area contributed by atoms with E-state index in [0.29, 0.717) is 11.5 Å². The maximum absolute atomic E-state index is 11.8. The van der Waals surface area contributed by atoms with Gasteiger partial charge in [0, 0.05) is 38.8 Å². The molecule has 2 unspecified atom stereocenters. The fourth-order valence-corrected chi connectivity index (χ4v) is 4.83. The van der Waals surface area contributed by atoms with Crippen LogP contribution in [0.5, 0.6) is 11.5 Å². The summed E-state index contributed by atoms with van der Waals surface area (Å²) in [7, 11) is 0. The number of hydrogen-bond donors (Lipinski definition) is 2. The van der Waals surface area contributed by atoms with Crippen LogP contribution in [0.25, 0.3) is 24.3 Å². The fourth-order valence-electron chi connectivity index (χ4n) is 4.83. The third-order valence-electron chi connectivity index (χ3n) is 7.47. The van der Waals surface area contributed by atoms with Crippen molar-refractivity contribution in [2.24, 2.45) is 0 Å². The molecule has 264 valence electrons. The van der Waals surface area contributed by atoms with Gasteiger partial charge in [-0.25, -0.2) is 9.59 Å². The molecule has 2 atom stereocenters. The molecule has 0 amide bonds. The van der Waals surface area contributed by atoms with Crippen LogP contribution in [0.4, 0.5) is 0 Å². The molecule has 2 N–H and O–H groups in total. The second-order valence-corrected chi connectivity index (χ2v) is 12.3. The lowest BCUT2D eigenvalue weighted by Crippen LogP contribution is -2.26. The van der Waals surface area contributed by atoms with Gasteiger partial charge in [-0.2, -0.15) is 0 Å². The Morgan fingerprint density at radius 2 is 0.918 bits per heavy atom. The Labute approximate surface area is 291 Å². The summed E-state index contributed by atoms with van der Waals surface area (Å²) < 4.78 is 22.5. The Balaban J connectivity index is 2.54. The summed E-state index contributed by atoms with van der Waals surface area (Å²) in [5.41, 5.74) is 5.39. The van der Waals surface area contributed by atoms with Crippen molar-refractivity contribution in [1.82, 2.24) is 0 Å². The molecule has 0 aliphatic carbocycles. The number of esters is 2. The zero-order valence-corrected chi connectivity index (χ0v) is 30.2. The first kappa shape index (κ1) is 40.5. The average molecular weight is 673 g/mol. The first-order valence-electron chi connectivity index (χ1n) is 16.3. The zero-order chi connectivity index (χ0) is 36.7. The second kappa shape index (κ2) is 19.4. The normalized spacial score (nSPS) is 13.3. The van der Waals surface area contributed by atoms with E-state index < -0.39 is 29.6 Å². The van der Waals surface area contributed by atoms with E-state index in [4.69, 9.17) is 18.9 Å². The van der Waals surface area contributed by atoms with E-state index in [2.05, 4.69) is 51.3 Å². The van der Waals surface area contributed by atoms with Gasteiger partial charge in [-0.15, -0.1) is 0 Å². The molecule has 0 radical (unpaired) electrons. The molecule has 0 saturated heterocycles. The Bertz CT molecular complexity index is 1420. The molecular formula is C41H52O8. The predicted molar refractivity (Wildman–Crippen MR) is 198 cm³/mol. The van der Waals surface area contributed by atoms with Crippen LogP contribution in [0.15, 0.2) is 72.9 Å². The van der Waals surface area contributed by atoms with Gasteiger partial charge in [0.1, 0.15) is 50.1 Å². The van der Waals surface area contributed by atoms with Gasteiger partial charge in [0.15, 0.2) is 0 Å². The van der Waals surface area contributed by atoms with Crippen molar-refractivity contribution in [3.8, 4) is 11.5 Å². The number of rotatable bonds is 18. The van der Waals surface area contributed by atoms with Crippen LogP contribution >= 0.6 is 0 Å². The van der Waals surface area contributed by atoms with Crippen molar-refractivity contribution < 1.29 is 38.7 Å². The minimum Gasteiger partial charge on any atom is -0.489 e. The number of aliphatic hydroxyl groups is 2. The average Bonchev–Trinajstić information content (AvgIpc) is 3.05. The number of aliphatic hydroxyl groups excluding tert-OH is 2.